The zero-order chi connectivity index (χ0) is 12.7. The number of nitrogens with one attached hydrogen (secondary N) is 1. The monoisotopic (exact) mass is 241 g/mol. The molecule has 0 aliphatic carbocycles. The van der Waals surface area contributed by atoms with Crippen LogP contribution in [-0.4, -0.2) is 41.3 Å². The SMILES string of the molecule is CCOCC(C)OC(=O)[C@@H](N)Cc1cnc[nH]1. The van der Waals surface area contributed by atoms with Crippen molar-refractivity contribution in [1.29, 1.82) is 0 Å². The Hall–Kier alpha value is -1.40. The first kappa shape index (κ1) is 13.7. The van der Waals surface area contributed by atoms with Gasteiger partial charge in [-0.25, -0.2) is 4.98 Å². The number of H-pyrrole nitrogens is 1. The van der Waals surface area contributed by atoms with E-state index in [4.69, 9.17) is 15.2 Å². The normalized spacial score (nSPS) is 14.3. The fraction of sp³-hybridized carbons (Fsp3) is 0.636. The average molecular weight is 241 g/mol. The summed E-state index contributed by atoms with van der Waals surface area (Å²) < 4.78 is 10.3. The third kappa shape index (κ3) is 4.97. The lowest BCUT2D eigenvalue weighted by Crippen LogP contribution is -2.37. The first-order valence-corrected chi connectivity index (χ1v) is 5.64. The molecule has 0 fully saturated rings. The van der Waals surface area contributed by atoms with Crippen LogP contribution in [0.4, 0.5) is 0 Å². The van der Waals surface area contributed by atoms with Crippen molar-refractivity contribution in [2.75, 3.05) is 13.2 Å². The quantitative estimate of drug-likeness (QED) is 0.668. The lowest BCUT2D eigenvalue weighted by atomic mass is 10.2. The number of hydrogen-bond donors (Lipinski definition) is 2. The first-order chi connectivity index (χ1) is 8.13. The lowest BCUT2D eigenvalue weighted by Gasteiger charge is -2.16. The number of rotatable bonds is 7. The number of aromatic nitrogens is 2. The summed E-state index contributed by atoms with van der Waals surface area (Å²) in [5, 5.41) is 0. The number of imidazole rings is 1. The molecule has 0 saturated carbocycles. The number of aromatic amines is 1. The predicted octanol–water partition coefficient (Wildman–Crippen LogP) is 0.248. The van der Waals surface area contributed by atoms with Crippen LogP contribution in [0.15, 0.2) is 12.5 Å². The largest absolute Gasteiger partial charge is 0.459 e. The molecule has 0 aliphatic rings. The van der Waals surface area contributed by atoms with E-state index < -0.39 is 12.0 Å². The van der Waals surface area contributed by atoms with Gasteiger partial charge >= 0.3 is 5.97 Å². The van der Waals surface area contributed by atoms with Crippen molar-refractivity contribution in [1.82, 2.24) is 9.97 Å². The first-order valence-electron chi connectivity index (χ1n) is 5.64. The van der Waals surface area contributed by atoms with Crippen molar-refractivity contribution in [3.8, 4) is 0 Å². The van der Waals surface area contributed by atoms with Crippen molar-refractivity contribution in [3.63, 3.8) is 0 Å². The Bertz CT molecular complexity index is 327. The highest BCUT2D eigenvalue weighted by Gasteiger charge is 2.18. The summed E-state index contributed by atoms with van der Waals surface area (Å²) in [6.45, 7) is 4.65. The van der Waals surface area contributed by atoms with Gasteiger partial charge in [0.1, 0.15) is 12.1 Å². The summed E-state index contributed by atoms with van der Waals surface area (Å²) >= 11 is 0. The summed E-state index contributed by atoms with van der Waals surface area (Å²) in [5.74, 6) is -0.424. The van der Waals surface area contributed by atoms with Crippen molar-refractivity contribution >= 4 is 5.97 Å². The molecule has 6 nitrogen and oxygen atoms in total. The van der Waals surface area contributed by atoms with Crippen LogP contribution in [0.2, 0.25) is 0 Å². The summed E-state index contributed by atoms with van der Waals surface area (Å²) in [5.41, 5.74) is 6.53. The van der Waals surface area contributed by atoms with Crippen molar-refractivity contribution in [2.45, 2.75) is 32.4 Å². The highest BCUT2D eigenvalue weighted by molar-refractivity contribution is 5.75. The highest BCUT2D eigenvalue weighted by Crippen LogP contribution is 2.01. The molecule has 1 aromatic heterocycles. The standard InChI is InChI=1S/C11H19N3O3/c1-3-16-6-8(2)17-11(15)10(12)4-9-5-13-7-14-9/h5,7-8,10H,3-4,6,12H2,1-2H3,(H,13,14)/t8?,10-/m0/s1. The molecule has 0 radical (unpaired) electrons. The van der Waals surface area contributed by atoms with Gasteiger partial charge in [0.2, 0.25) is 0 Å². The number of esters is 1. The van der Waals surface area contributed by atoms with Gasteiger partial charge in [-0.15, -0.1) is 0 Å². The van der Waals surface area contributed by atoms with Gasteiger partial charge in [0.05, 0.1) is 12.9 Å². The summed E-state index contributed by atoms with van der Waals surface area (Å²) in [7, 11) is 0. The number of hydrogen-bond acceptors (Lipinski definition) is 5. The van der Waals surface area contributed by atoms with E-state index in [2.05, 4.69) is 9.97 Å². The summed E-state index contributed by atoms with van der Waals surface area (Å²) in [6.07, 6.45) is 3.29. The molecule has 17 heavy (non-hydrogen) atoms. The van der Waals surface area contributed by atoms with Gasteiger partial charge in [-0.3, -0.25) is 4.79 Å². The lowest BCUT2D eigenvalue weighted by molar-refractivity contribution is -0.152. The van der Waals surface area contributed by atoms with E-state index in [1.807, 2.05) is 6.92 Å². The number of nitrogens with zero attached hydrogens (tertiary/aromatic N) is 1. The topological polar surface area (TPSA) is 90.2 Å². The smallest absolute Gasteiger partial charge is 0.323 e. The fourth-order valence-electron chi connectivity index (χ4n) is 1.32. The van der Waals surface area contributed by atoms with E-state index in [1.165, 1.54) is 0 Å². The highest BCUT2D eigenvalue weighted by atomic mass is 16.6. The van der Waals surface area contributed by atoms with E-state index in [0.717, 1.165) is 5.69 Å². The average Bonchev–Trinajstić information content (AvgIpc) is 2.78. The molecule has 1 aromatic rings. The third-order valence-electron chi connectivity index (χ3n) is 2.17. The van der Waals surface area contributed by atoms with Gasteiger partial charge in [0, 0.05) is 24.9 Å². The van der Waals surface area contributed by atoms with Crippen LogP contribution in [-0.2, 0) is 20.7 Å². The summed E-state index contributed by atoms with van der Waals surface area (Å²) in [4.78, 5) is 18.3. The number of ether oxygens (including phenoxy) is 2. The minimum atomic E-state index is -0.681. The second-order valence-electron chi connectivity index (χ2n) is 3.79. The zero-order valence-corrected chi connectivity index (χ0v) is 10.2. The van der Waals surface area contributed by atoms with Gasteiger partial charge in [0.25, 0.3) is 0 Å². The van der Waals surface area contributed by atoms with Gasteiger partial charge in [-0.2, -0.15) is 0 Å². The molecule has 0 bridgehead atoms. The molecule has 1 rings (SSSR count). The Balaban J connectivity index is 2.31. The van der Waals surface area contributed by atoms with Crippen LogP contribution >= 0.6 is 0 Å². The van der Waals surface area contributed by atoms with Crippen LogP contribution in [0.1, 0.15) is 19.5 Å². The Morgan fingerprint density at radius 1 is 1.65 bits per heavy atom. The van der Waals surface area contributed by atoms with Crippen molar-refractivity contribution in [3.05, 3.63) is 18.2 Å². The molecule has 0 aromatic carbocycles. The van der Waals surface area contributed by atoms with E-state index >= 15 is 0 Å². The van der Waals surface area contributed by atoms with E-state index in [9.17, 15) is 4.79 Å². The molecule has 96 valence electrons. The van der Waals surface area contributed by atoms with Gasteiger partial charge in [-0.05, 0) is 13.8 Å². The van der Waals surface area contributed by atoms with Crippen molar-refractivity contribution in [2.24, 2.45) is 5.73 Å². The fourth-order valence-corrected chi connectivity index (χ4v) is 1.32. The van der Waals surface area contributed by atoms with Crippen LogP contribution in [0.25, 0.3) is 0 Å². The molecule has 0 saturated heterocycles. The van der Waals surface area contributed by atoms with Crippen molar-refractivity contribution < 1.29 is 14.3 Å². The zero-order valence-electron chi connectivity index (χ0n) is 10.2. The van der Waals surface area contributed by atoms with E-state index in [-0.39, 0.29) is 6.10 Å². The minimum Gasteiger partial charge on any atom is -0.459 e. The molecule has 2 atom stereocenters. The van der Waals surface area contributed by atoms with Crippen LogP contribution in [0.5, 0.6) is 0 Å². The van der Waals surface area contributed by atoms with E-state index in [0.29, 0.717) is 19.6 Å². The molecule has 3 N–H and O–H groups in total. The van der Waals surface area contributed by atoms with Gasteiger partial charge in [0.15, 0.2) is 0 Å². The maximum atomic E-state index is 11.6. The van der Waals surface area contributed by atoms with Crippen LogP contribution in [0, 0.1) is 0 Å². The molecule has 0 amide bonds. The van der Waals surface area contributed by atoms with Gasteiger partial charge < -0.3 is 20.2 Å². The summed E-state index contributed by atoms with van der Waals surface area (Å²) in [6, 6.07) is -0.681. The third-order valence-corrected chi connectivity index (χ3v) is 2.17. The number of carbonyl (C=O) groups is 1. The molecule has 1 heterocycles. The molecule has 0 aliphatic heterocycles. The van der Waals surface area contributed by atoms with Gasteiger partial charge in [-0.1, -0.05) is 0 Å². The Kier molecular flexibility index (Phi) is 5.65. The Morgan fingerprint density at radius 2 is 2.41 bits per heavy atom. The molecular formula is C11H19N3O3. The molecular weight excluding hydrogens is 222 g/mol. The maximum Gasteiger partial charge on any atom is 0.323 e. The molecule has 1 unspecified atom stereocenters. The van der Waals surface area contributed by atoms with Crippen LogP contribution in [0.3, 0.4) is 0 Å². The van der Waals surface area contributed by atoms with Crippen LogP contribution < -0.4 is 5.73 Å². The second-order valence-corrected chi connectivity index (χ2v) is 3.79. The Labute approximate surface area is 101 Å². The molecule has 0 spiro atoms. The second kappa shape index (κ2) is 7.03. The number of carbonyl (C=O) groups excluding carboxylic acids is 1. The Morgan fingerprint density at radius 3 is 3.00 bits per heavy atom. The van der Waals surface area contributed by atoms with E-state index in [1.54, 1.807) is 19.4 Å². The minimum absolute atomic E-state index is 0.282. The maximum absolute atomic E-state index is 11.6. The molecule has 6 heteroatoms. The predicted molar refractivity (Wildman–Crippen MR) is 62.3 cm³/mol. The number of nitrogens with two attached hydrogens (primary N) is 1.